The molecule has 6 nitrogen and oxygen atoms in total. The van der Waals surface area contributed by atoms with Gasteiger partial charge in [-0.25, -0.2) is 9.97 Å². The number of carbonyl (C=O) groups excluding carboxylic acids is 2. The highest BCUT2D eigenvalue weighted by Crippen LogP contribution is 2.25. The van der Waals surface area contributed by atoms with Crippen molar-refractivity contribution in [2.24, 2.45) is 0 Å². The number of aromatic nitrogens is 2. The van der Waals surface area contributed by atoms with Crippen LogP contribution in [0, 0.1) is 6.92 Å². The van der Waals surface area contributed by atoms with E-state index in [-0.39, 0.29) is 18.2 Å². The monoisotopic (exact) mass is 318 g/mol. The van der Waals surface area contributed by atoms with E-state index < -0.39 is 0 Å². The molecule has 1 saturated heterocycles. The van der Waals surface area contributed by atoms with E-state index in [2.05, 4.69) is 15.3 Å². The molecule has 126 valence electrons. The third-order valence-corrected chi connectivity index (χ3v) is 4.16. The molecule has 1 aliphatic rings. The van der Waals surface area contributed by atoms with Crippen LogP contribution in [0.15, 0.2) is 12.3 Å². The third kappa shape index (κ3) is 5.30. The number of amides is 2. The maximum absolute atomic E-state index is 12.2. The van der Waals surface area contributed by atoms with Crippen molar-refractivity contribution in [1.82, 2.24) is 20.2 Å². The maximum atomic E-state index is 12.2. The smallest absolute Gasteiger partial charge is 0.223 e. The van der Waals surface area contributed by atoms with Crippen molar-refractivity contribution in [2.75, 3.05) is 19.6 Å². The summed E-state index contributed by atoms with van der Waals surface area (Å²) in [6.45, 7) is 6.09. The first-order valence-corrected chi connectivity index (χ1v) is 8.44. The molecule has 1 aromatic rings. The average Bonchev–Trinajstić information content (AvgIpc) is 2.58. The van der Waals surface area contributed by atoms with Crippen LogP contribution in [0.3, 0.4) is 0 Å². The van der Waals surface area contributed by atoms with E-state index in [0.717, 1.165) is 43.9 Å². The van der Waals surface area contributed by atoms with E-state index >= 15 is 0 Å². The van der Waals surface area contributed by atoms with Gasteiger partial charge in [-0.05, 0) is 32.3 Å². The predicted octanol–water partition coefficient (Wildman–Crippen LogP) is 1.80. The van der Waals surface area contributed by atoms with Gasteiger partial charge in [0.15, 0.2) is 0 Å². The summed E-state index contributed by atoms with van der Waals surface area (Å²) in [5.74, 6) is 1.24. The van der Waals surface area contributed by atoms with Crippen LogP contribution in [0.1, 0.15) is 56.5 Å². The van der Waals surface area contributed by atoms with Gasteiger partial charge < -0.3 is 10.2 Å². The van der Waals surface area contributed by atoms with Gasteiger partial charge in [-0.1, -0.05) is 6.92 Å². The number of rotatable bonds is 6. The number of likely N-dealkylation sites (tertiary alicyclic amines) is 1. The van der Waals surface area contributed by atoms with E-state index in [1.54, 1.807) is 6.20 Å². The van der Waals surface area contributed by atoms with Gasteiger partial charge in [0.05, 0.1) is 0 Å². The fraction of sp³-hybridized carbons (Fsp3) is 0.647. The van der Waals surface area contributed by atoms with Crippen LogP contribution in [0.4, 0.5) is 0 Å². The summed E-state index contributed by atoms with van der Waals surface area (Å²) in [4.78, 5) is 34.4. The van der Waals surface area contributed by atoms with Crippen molar-refractivity contribution in [3.05, 3.63) is 23.8 Å². The van der Waals surface area contributed by atoms with Gasteiger partial charge in [-0.2, -0.15) is 0 Å². The summed E-state index contributed by atoms with van der Waals surface area (Å²) in [5, 5.41) is 2.80. The van der Waals surface area contributed by atoms with Crippen molar-refractivity contribution in [3.63, 3.8) is 0 Å². The maximum Gasteiger partial charge on any atom is 0.223 e. The minimum atomic E-state index is -0.0387. The number of hydrogen-bond donors (Lipinski definition) is 1. The number of hydrogen-bond acceptors (Lipinski definition) is 4. The summed E-state index contributed by atoms with van der Waals surface area (Å²) in [5.41, 5.74) is 0.978. The lowest BCUT2D eigenvalue weighted by molar-refractivity contribution is -0.134. The van der Waals surface area contributed by atoms with Crippen LogP contribution < -0.4 is 5.32 Å². The van der Waals surface area contributed by atoms with Crippen LogP contribution in [-0.4, -0.2) is 46.3 Å². The first-order valence-electron chi connectivity index (χ1n) is 8.44. The van der Waals surface area contributed by atoms with Crippen molar-refractivity contribution in [1.29, 1.82) is 0 Å². The highest BCUT2D eigenvalue weighted by molar-refractivity contribution is 5.83. The van der Waals surface area contributed by atoms with Gasteiger partial charge in [0, 0.05) is 50.3 Å². The van der Waals surface area contributed by atoms with E-state index in [1.807, 2.05) is 24.8 Å². The Morgan fingerprint density at radius 2 is 2.04 bits per heavy atom. The molecule has 0 aromatic carbocycles. The van der Waals surface area contributed by atoms with E-state index in [1.165, 1.54) is 0 Å². The molecular formula is C17H26N4O2. The lowest BCUT2D eigenvalue weighted by Crippen LogP contribution is -2.38. The molecule has 1 N–H and O–H groups in total. The summed E-state index contributed by atoms with van der Waals surface area (Å²) < 4.78 is 0. The highest BCUT2D eigenvalue weighted by atomic mass is 16.2. The molecule has 1 aliphatic heterocycles. The zero-order valence-electron chi connectivity index (χ0n) is 14.0. The Kier molecular flexibility index (Phi) is 6.50. The zero-order valence-corrected chi connectivity index (χ0v) is 14.0. The average molecular weight is 318 g/mol. The van der Waals surface area contributed by atoms with E-state index in [0.29, 0.717) is 18.9 Å². The topological polar surface area (TPSA) is 75.2 Å². The van der Waals surface area contributed by atoms with Gasteiger partial charge in [0.2, 0.25) is 11.8 Å². The lowest BCUT2D eigenvalue weighted by Gasteiger charge is -2.31. The van der Waals surface area contributed by atoms with Gasteiger partial charge in [0.25, 0.3) is 0 Å². The summed E-state index contributed by atoms with van der Waals surface area (Å²) in [6.07, 6.45) is 5.05. The van der Waals surface area contributed by atoms with Crippen LogP contribution in [0.2, 0.25) is 0 Å². The molecule has 1 aromatic heterocycles. The molecule has 0 bridgehead atoms. The molecule has 0 spiro atoms. The van der Waals surface area contributed by atoms with Crippen molar-refractivity contribution < 1.29 is 9.59 Å². The number of nitrogens with zero attached hydrogens (tertiary/aromatic N) is 3. The second kappa shape index (κ2) is 8.60. The molecule has 23 heavy (non-hydrogen) atoms. The minimum absolute atomic E-state index is 0.0387. The predicted molar refractivity (Wildman–Crippen MR) is 87.9 cm³/mol. The van der Waals surface area contributed by atoms with Gasteiger partial charge >= 0.3 is 0 Å². The number of piperidine rings is 1. The third-order valence-electron chi connectivity index (χ3n) is 4.16. The summed E-state index contributed by atoms with van der Waals surface area (Å²) in [7, 11) is 0. The van der Waals surface area contributed by atoms with Gasteiger partial charge in [-0.3, -0.25) is 9.59 Å². The molecule has 2 rings (SSSR count). The standard InChI is InChI=1S/C17H26N4O2/c1-3-9-18-15(22)4-5-16(23)21-11-7-14(8-12-21)17-19-10-6-13(2)20-17/h6,10,14H,3-5,7-9,11-12H2,1-2H3,(H,18,22). The SMILES string of the molecule is CCCNC(=O)CCC(=O)N1CCC(c2nccc(C)n2)CC1. The summed E-state index contributed by atoms with van der Waals surface area (Å²) in [6, 6.07) is 1.89. The minimum Gasteiger partial charge on any atom is -0.356 e. The molecule has 2 heterocycles. The Hall–Kier alpha value is -1.98. The van der Waals surface area contributed by atoms with E-state index in [9.17, 15) is 9.59 Å². The second-order valence-corrected chi connectivity index (χ2v) is 6.06. The quantitative estimate of drug-likeness (QED) is 0.868. The Bertz CT molecular complexity index is 539. The van der Waals surface area contributed by atoms with Crippen LogP contribution in [0.25, 0.3) is 0 Å². The molecule has 1 fully saturated rings. The van der Waals surface area contributed by atoms with Gasteiger partial charge in [-0.15, -0.1) is 0 Å². The number of nitrogens with one attached hydrogen (secondary N) is 1. The Morgan fingerprint density at radius 3 is 2.70 bits per heavy atom. The molecular weight excluding hydrogens is 292 g/mol. The van der Waals surface area contributed by atoms with Crippen molar-refractivity contribution in [2.45, 2.75) is 51.9 Å². The molecule has 0 aliphatic carbocycles. The molecule has 6 heteroatoms. The summed E-state index contributed by atoms with van der Waals surface area (Å²) >= 11 is 0. The Balaban J connectivity index is 1.75. The first kappa shape index (κ1) is 17.4. The fourth-order valence-corrected chi connectivity index (χ4v) is 2.78. The van der Waals surface area contributed by atoms with E-state index in [4.69, 9.17) is 0 Å². The molecule has 0 unspecified atom stereocenters. The lowest BCUT2D eigenvalue weighted by atomic mass is 9.95. The number of carbonyl (C=O) groups is 2. The van der Waals surface area contributed by atoms with Crippen LogP contribution in [-0.2, 0) is 9.59 Å². The Labute approximate surface area is 137 Å². The molecule has 0 radical (unpaired) electrons. The van der Waals surface area contributed by atoms with Crippen molar-refractivity contribution >= 4 is 11.8 Å². The zero-order chi connectivity index (χ0) is 16.7. The van der Waals surface area contributed by atoms with Crippen LogP contribution in [0.5, 0.6) is 0 Å². The van der Waals surface area contributed by atoms with Gasteiger partial charge in [0.1, 0.15) is 5.82 Å². The first-order chi connectivity index (χ1) is 11.1. The molecule has 2 amide bonds. The number of aryl methyl sites for hydroxylation is 1. The van der Waals surface area contributed by atoms with Crippen LogP contribution >= 0.6 is 0 Å². The Morgan fingerprint density at radius 1 is 1.30 bits per heavy atom. The molecule has 0 atom stereocenters. The second-order valence-electron chi connectivity index (χ2n) is 6.06. The molecule has 0 saturated carbocycles. The normalized spacial score (nSPS) is 15.5. The highest BCUT2D eigenvalue weighted by Gasteiger charge is 2.25. The van der Waals surface area contributed by atoms with Crippen molar-refractivity contribution in [3.8, 4) is 0 Å². The largest absolute Gasteiger partial charge is 0.356 e. The fourth-order valence-electron chi connectivity index (χ4n) is 2.78.